The first-order valence-corrected chi connectivity index (χ1v) is 7.33. The average molecular weight is 239 g/mol. The highest BCUT2D eigenvalue weighted by molar-refractivity contribution is 4.96. The number of likely N-dealkylation sites (tertiary alicyclic amines) is 1. The molecule has 1 heterocycles. The van der Waals surface area contributed by atoms with Crippen LogP contribution in [0.4, 0.5) is 0 Å². The fourth-order valence-electron chi connectivity index (χ4n) is 4.12. The largest absolute Gasteiger partial charge is 0.389 e. The van der Waals surface area contributed by atoms with Crippen LogP contribution in [-0.2, 0) is 0 Å². The van der Waals surface area contributed by atoms with Crippen molar-refractivity contribution < 1.29 is 5.11 Å². The van der Waals surface area contributed by atoms with Crippen molar-refractivity contribution in [3.8, 4) is 0 Å². The minimum absolute atomic E-state index is 0.380. The standard InChI is InChI=1S/C15H29NO/c1-11-7-12(2)9-14(8-11)15(17)5-6-16(4)13(3)10-15/h11-14,17H,5-10H2,1-4H3. The van der Waals surface area contributed by atoms with Gasteiger partial charge in [-0.05, 0) is 63.8 Å². The molecule has 2 heteroatoms. The highest BCUT2D eigenvalue weighted by Gasteiger charge is 2.43. The Balaban J connectivity index is 2.04. The van der Waals surface area contributed by atoms with Gasteiger partial charge < -0.3 is 10.0 Å². The smallest absolute Gasteiger partial charge is 0.0703 e. The summed E-state index contributed by atoms with van der Waals surface area (Å²) in [6.45, 7) is 8.01. The van der Waals surface area contributed by atoms with E-state index < -0.39 is 0 Å². The fraction of sp³-hybridized carbons (Fsp3) is 1.00. The van der Waals surface area contributed by atoms with Crippen LogP contribution < -0.4 is 0 Å². The van der Waals surface area contributed by atoms with Crippen molar-refractivity contribution >= 4 is 0 Å². The van der Waals surface area contributed by atoms with Gasteiger partial charge in [0.1, 0.15) is 0 Å². The van der Waals surface area contributed by atoms with E-state index in [4.69, 9.17) is 0 Å². The van der Waals surface area contributed by atoms with Crippen molar-refractivity contribution in [1.29, 1.82) is 0 Å². The second-order valence-electron chi connectivity index (χ2n) is 7.00. The van der Waals surface area contributed by atoms with Crippen LogP contribution in [0.25, 0.3) is 0 Å². The van der Waals surface area contributed by atoms with Crippen LogP contribution >= 0.6 is 0 Å². The molecule has 1 saturated heterocycles. The quantitative estimate of drug-likeness (QED) is 0.760. The Kier molecular flexibility index (Phi) is 3.84. The summed E-state index contributed by atoms with van der Waals surface area (Å²) in [4.78, 5) is 2.38. The molecule has 0 aromatic carbocycles. The van der Waals surface area contributed by atoms with Crippen molar-refractivity contribution in [2.24, 2.45) is 17.8 Å². The zero-order chi connectivity index (χ0) is 12.6. The molecule has 17 heavy (non-hydrogen) atoms. The maximum absolute atomic E-state index is 11.0. The Morgan fingerprint density at radius 1 is 1.06 bits per heavy atom. The molecule has 1 aliphatic carbocycles. The van der Waals surface area contributed by atoms with E-state index in [9.17, 15) is 5.11 Å². The highest BCUT2D eigenvalue weighted by Crippen LogP contribution is 2.43. The van der Waals surface area contributed by atoms with Gasteiger partial charge >= 0.3 is 0 Å². The number of rotatable bonds is 1. The summed E-state index contributed by atoms with van der Waals surface area (Å²) in [6, 6.07) is 0.529. The van der Waals surface area contributed by atoms with Crippen LogP contribution in [0.15, 0.2) is 0 Å². The van der Waals surface area contributed by atoms with Crippen LogP contribution in [0.3, 0.4) is 0 Å². The van der Waals surface area contributed by atoms with Crippen LogP contribution in [0.5, 0.6) is 0 Å². The van der Waals surface area contributed by atoms with Crippen molar-refractivity contribution in [2.75, 3.05) is 13.6 Å². The van der Waals surface area contributed by atoms with Crippen molar-refractivity contribution in [3.63, 3.8) is 0 Å². The van der Waals surface area contributed by atoms with E-state index in [0.29, 0.717) is 12.0 Å². The Morgan fingerprint density at radius 2 is 1.65 bits per heavy atom. The minimum atomic E-state index is -0.380. The van der Waals surface area contributed by atoms with E-state index in [0.717, 1.165) is 31.2 Å². The molecule has 1 aliphatic heterocycles. The van der Waals surface area contributed by atoms with Crippen LogP contribution in [-0.4, -0.2) is 35.2 Å². The molecule has 4 unspecified atom stereocenters. The highest BCUT2D eigenvalue weighted by atomic mass is 16.3. The Labute approximate surface area is 106 Å². The molecule has 2 nitrogen and oxygen atoms in total. The first kappa shape index (κ1) is 13.4. The van der Waals surface area contributed by atoms with Gasteiger partial charge in [-0.3, -0.25) is 0 Å². The average Bonchev–Trinajstić information content (AvgIpc) is 2.23. The lowest BCUT2D eigenvalue weighted by Gasteiger charge is -2.48. The molecular formula is C15H29NO. The summed E-state index contributed by atoms with van der Waals surface area (Å²) in [7, 11) is 2.18. The molecule has 1 N–H and O–H groups in total. The predicted octanol–water partition coefficient (Wildman–Crippen LogP) is 2.90. The van der Waals surface area contributed by atoms with Crippen molar-refractivity contribution in [1.82, 2.24) is 4.90 Å². The van der Waals surface area contributed by atoms with Gasteiger partial charge in [-0.2, -0.15) is 0 Å². The monoisotopic (exact) mass is 239 g/mol. The van der Waals surface area contributed by atoms with Gasteiger partial charge in [0, 0.05) is 12.6 Å². The normalized spacial score (nSPS) is 49.2. The summed E-state index contributed by atoms with van der Waals surface area (Å²) in [5.74, 6) is 2.13. The molecule has 0 amide bonds. The molecule has 2 aliphatic rings. The van der Waals surface area contributed by atoms with Gasteiger partial charge in [-0.15, -0.1) is 0 Å². The van der Waals surface area contributed by atoms with Gasteiger partial charge in [0.15, 0.2) is 0 Å². The lowest BCUT2D eigenvalue weighted by Crippen LogP contribution is -2.52. The molecule has 1 saturated carbocycles. The predicted molar refractivity (Wildman–Crippen MR) is 71.9 cm³/mol. The Bertz CT molecular complexity index is 258. The summed E-state index contributed by atoms with van der Waals surface area (Å²) < 4.78 is 0. The lowest BCUT2D eigenvalue weighted by molar-refractivity contribution is -0.0985. The fourth-order valence-corrected chi connectivity index (χ4v) is 4.12. The molecule has 100 valence electrons. The van der Waals surface area contributed by atoms with Gasteiger partial charge in [0.2, 0.25) is 0 Å². The third kappa shape index (κ3) is 2.85. The number of piperidine rings is 1. The van der Waals surface area contributed by atoms with Gasteiger partial charge in [0.05, 0.1) is 5.60 Å². The topological polar surface area (TPSA) is 23.5 Å². The summed E-state index contributed by atoms with van der Waals surface area (Å²) in [6.07, 6.45) is 5.75. The van der Waals surface area contributed by atoms with Gasteiger partial charge in [-0.1, -0.05) is 13.8 Å². The van der Waals surface area contributed by atoms with E-state index in [-0.39, 0.29) is 5.60 Å². The minimum Gasteiger partial charge on any atom is -0.389 e. The maximum Gasteiger partial charge on any atom is 0.0703 e. The SMILES string of the molecule is CC1CC(C)CC(C2(O)CCN(C)C(C)C2)C1. The first-order valence-electron chi connectivity index (χ1n) is 7.33. The van der Waals surface area contributed by atoms with E-state index >= 15 is 0 Å². The second kappa shape index (κ2) is 4.89. The molecule has 0 radical (unpaired) electrons. The summed E-state index contributed by atoms with van der Waals surface area (Å²) in [5.41, 5.74) is -0.380. The van der Waals surface area contributed by atoms with Crippen LogP contribution in [0.2, 0.25) is 0 Å². The number of aliphatic hydroxyl groups is 1. The van der Waals surface area contributed by atoms with Crippen molar-refractivity contribution in [2.45, 2.75) is 64.5 Å². The van der Waals surface area contributed by atoms with E-state index in [2.05, 4.69) is 32.7 Å². The molecule has 0 bridgehead atoms. The number of hydrogen-bond acceptors (Lipinski definition) is 2. The third-order valence-electron chi connectivity index (χ3n) is 5.24. The van der Waals surface area contributed by atoms with E-state index in [1.54, 1.807) is 0 Å². The van der Waals surface area contributed by atoms with Crippen molar-refractivity contribution in [3.05, 3.63) is 0 Å². The molecule has 0 aromatic heterocycles. The molecule has 2 rings (SSSR count). The Hall–Kier alpha value is -0.0800. The summed E-state index contributed by atoms with van der Waals surface area (Å²) in [5, 5.41) is 11.0. The lowest BCUT2D eigenvalue weighted by atomic mass is 9.66. The second-order valence-corrected chi connectivity index (χ2v) is 7.00. The van der Waals surface area contributed by atoms with Gasteiger partial charge in [0.25, 0.3) is 0 Å². The molecular weight excluding hydrogens is 210 g/mol. The molecule has 4 atom stereocenters. The van der Waals surface area contributed by atoms with Crippen LogP contribution in [0.1, 0.15) is 52.9 Å². The Morgan fingerprint density at radius 3 is 2.18 bits per heavy atom. The first-order chi connectivity index (χ1) is 7.90. The van der Waals surface area contributed by atoms with Gasteiger partial charge in [-0.25, -0.2) is 0 Å². The number of nitrogens with zero attached hydrogens (tertiary/aromatic N) is 1. The summed E-state index contributed by atoms with van der Waals surface area (Å²) >= 11 is 0. The van der Waals surface area contributed by atoms with E-state index in [1.807, 2.05) is 0 Å². The van der Waals surface area contributed by atoms with Crippen LogP contribution in [0, 0.1) is 17.8 Å². The third-order valence-corrected chi connectivity index (χ3v) is 5.24. The maximum atomic E-state index is 11.0. The molecule has 2 fully saturated rings. The number of hydrogen-bond donors (Lipinski definition) is 1. The van der Waals surface area contributed by atoms with E-state index in [1.165, 1.54) is 19.3 Å². The molecule has 0 spiro atoms. The molecule has 0 aromatic rings. The zero-order valence-electron chi connectivity index (χ0n) is 11.9. The zero-order valence-corrected chi connectivity index (χ0v) is 11.9.